The molecule has 0 spiro atoms. The molecule has 0 aromatic heterocycles. The SMILES string of the molecule is COc1cccc(OC)c1C([O-])=CC(=O)C(=O)[O-].[K+].[K+]. The minimum absolute atomic E-state index is 0. The topological polar surface area (TPSA) is 98.7 Å². The van der Waals surface area contributed by atoms with Crippen LogP contribution in [0.4, 0.5) is 0 Å². The molecule has 0 aliphatic carbocycles. The van der Waals surface area contributed by atoms with Gasteiger partial charge < -0.3 is 24.5 Å². The first-order valence-corrected chi connectivity index (χ1v) is 4.86. The van der Waals surface area contributed by atoms with Gasteiger partial charge in [0.05, 0.1) is 19.8 Å². The summed E-state index contributed by atoms with van der Waals surface area (Å²) in [4.78, 5) is 21.2. The molecular formula is C12H10K2O6. The second-order valence-electron chi connectivity index (χ2n) is 3.20. The van der Waals surface area contributed by atoms with Crippen molar-refractivity contribution in [1.82, 2.24) is 0 Å². The van der Waals surface area contributed by atoms with Crippen molar-refractivity contribution in [2.75, 3.05) is 14.2 Å². The Morgan fingerprint density at radius 2 is 1.50 bits per heavy atom. The number of rotatable bonds is 5. The number of hydrogen-bond donors (Lipinski definition) is 0. The van der Waals surface area contributed by atoms with Crippen molar-refractivity contribution in [2.45, 2.75) is 0 Å². The molecular weight excluding hydrogens is 318 g/mol. The van der Waals surface area contributed by atoms with Crippen molar-refractivity contribution in [2.24, 2.45) is 0 Å². The van der Waals surface area contributed by atoms with E-state index in [9.17, 15) is 19.8 Å². The molecule has 20 heavy (non-hydrogen) atoms. The zero-order chi connectivity index (χ0) is 13.7. The first-order valence-electron chi connectivity index (χ1n) is 4.86. The van der Waals surface area contributed by atoms with Crippen molar-refractivity contribution in [3.05, 3.63) is 29.8 Å². The van der Waals surface area contributed by atoms with Crippen LogP contribution in [0.5, 0.6) is 11.5 Å². The Balaban J connectivity index is 0. The molecule has 1 aromatic rings. The molecule has 0 saturated heterocycles. The summed E-state index contributed by atoms with van der Waals surface area (Å²) in [6.45, 7) is 0. The van der Waals surface area contributed by atoms with Crippen LogP contribution in [0.3, 0.4) is 0 Å². The van der Waals surface area contributed by atoms with Gasteiger partial charge in [-0.15, -0.1) is 0 Å². The number of carboxylic acid groups (broad SMARTS) is 1. The van der Waals surface area contributed by atoms with Crippen molar-refractivity contribution in [3.63, 3.8) is 0 Å². The third-order valence-corrected chi connectivity index (χ3v) is 2.14. The van der Waals surface area contributed by atoms with Gasteiger partial charge in [0.1, 0.15) is 17.5 Å². The minimum atomic E-state index is -1.95. The molecule has 0 atom stereocenters. The van der Waals surface area contributed by atoms with E-state index < -0.39 is 17.5 Å². The number of carboxylic acids is 1. The van der Waals surface area contributed by atoms with Crippen LogP contribution in [0.1, 0.15) is 5.56 Å². The summed E-state index contributed by atoms with van der Waals surface area (Å²) in [5, 5.41) is 22.1. The number of ether oxygens (including phenoxy) is 2. The number of ketones is 1. The maximum atomic E-state index is 11.8. The van der Waals surface area contributed by atoms with Crippen LogP contribution >= 0.6 is 0 Å². The van der Waals surface area contributed by atoms with Crippen LogP contribution in [-0.4, -0.2) is 26.0 Å². The summed E-state index contributed by atoms with van der Waals surface area (Å²) in [7, 11) is 2.68. The van der Waals surface area contributed by atoms with E-state index in [1.807, 2.05) is 0 Å². The number of carbonyl (C=O) groups excluding carboxylic acids is 2. The molecule has 0 heterocycles. The summed E-state index contributed by atoms with van der Waals surface area (Å²) >= 11 is 0. The molecule has 0 unspecified atom stereocenters. The summed E-state index contributed by atoms with van der Waals surface area (Å²) < 4.78 is 9.91. The maximum absolute atomic E-state index is 11.8. The predicted octanol–water partition coefficient (Wildman–Crippen LogP) is -7.27. The Bertz CT molecular complexity index is 490. The Labute approximate surface area is 201 Å². The van der Waals surface area contributed by atoms with E-state index in [1.54, 1.807) is 6.07 Å². The van der Waals surface area contributed by atoms with E-state index in [0.29, 0.717) is 6.08 Å². The molecule has 0 saturated carbocycles. The first-order chi connectivity index (χ1) is 8.51. The molecule has 0 aliphatic rings. The van der Waals surface area contributed by atoms with Gasteiger partial charge in [0.15, 0.2) is 0 Å². The first kappa shape index (κ1) is 23.0. The third-order valence-electron chi connectivity index (χ3n) is 2.14. The summed E-state index contributed by atoms with van der Waals surface area (Å²) in [6.07, 6.45) is 0.426. The number of benzene rings is 1. The Hall–Kier alpha value is 0.773. The van der Waals surface area contributed by atoms with Gasteiger partial charge in [-0.2, -0.15) is 0 Å². The molecule has 0 aliphatic heterocycles. The average Bonchev–Trinajstić information content (AvgIpc) is 2.37. The van der Waals surface area contributed by atoms with Crippen LogP contribution in [-0.2, 0) is 9.59 Å². The van der Waals surface area contributed by atoms with Crippen molar-refractivity contribution in [1.29, 1.82) is 0 Å². The number of methoxy groups -OCH3 is 2. The van der Waals surface area contributed by atoms with Gasteiger partial charge in [0.25, 0.3) is 0 Å². The third kappa shape index (κ3) is 6.26. The molecule has 0 amide bonds. The fraction of sp³-hybridized carbons (Fsp3) is 0.167. The van der Waals surface area contributed by atoms with Crippen LogP contribution in [0, 0.1) is 0 Å². The van der Waals surface area contributed by atoms with Gasteiger partial charge in [-0.3, -0.25) is 4.79 Å². The van der Waals surface area contributed by atoms with E-state index >= 15 is 0 Å². The Morgan fingerprint density at radius 3 is 1.85 bits per heavy atom. The van der Waals surface area contributed by atoms with Crippen LogP contribution in [0.2, 0.25) is 0 Å². The molecule has 6 nitrogen and oxygen atoms in total. The van der Waals surface area contributed by atoms with E-state index in [2.05, 4.69) is 0 Å². The second kappa shape index (κ2) is 11.4. The molecule has 1 rings (SSSR count). The van der Waals surface area contributed by atoms with Gasteiger partial charge in [0, 0.05) is 0 Å². The normalized spacial score (nSPS) is 9.80. The van der Waals surface area contributed by atoms with Gasteiger partial charge in [-0.1, -0.05) is 11.8 Å². The molecule has 8 heteroatoms. The van der Waals surface area contributed by atoms with E-state index in [4.69, 9.17) is 9.47 Å². The summed E-state index contributed by atoms with van der Waals surface area (Å²) in [5.41, 5.74) is -0.0166. The van der Waals surface area contributed by atoms with E-state index in [-0.39, 0.29) is 120 Å². The summed E-state index contributed by atoms with van der Waals surface area (Å²) in [5.74, 6) is -3.81. The quantitative estimate of drug-likeness (QED) is 0.230. The van der Waals surface area contributed by atoms with Crippen molar-refractivity contribution in [3.8, 4) is 11.5 Å². The largest absolute Gasteiger partial charge is 1.00 e. The predicted molar refractivity (Wildman–Crippen MR) is 57.5 cm³/mol. The number of carbonyl (C=O) groups is 2. The van der Waals surface area contributed by atoms with Crippen molar-refractivity contribution >= 4 is 17.5 Å². The molecule has 0 fully saturated rings. The number of hydrogen-bond acceptors (Lipinski definition) is 6. The van der Waals surface area contributed by atoms with Gasteiger partial charge in [-0.25, -0.2) is 0 Å². The second-order valence-corrected chi connectivity index (χ2v) is 3.20. The monoisotopic (exact) mass is 328 g/mol. The molecule has 96 valence electrons. The minimum Gasteiger partial charge on any atom is -0.872 e. The van der Waals surface area contributed by atoms with Gasteiger partial charge >= 0.3 is 103 Å². The summed E-state index contributed by atoms with van der Waals surface area (Å²) in [6, 6.07) is 4.58. The van der Waals surface area contributed by atoms with Crippen molar-refractivity contribution < 1.29 is 132 Å². The molecule has 1 aromatic carbocycles. The molecule has 0 radical (unpaired) electrons. The van der Waals surface area contributed by atoms with Crippen LogP contribution in [0.25, 0.3) is 5.76 Å². The zero-order valence-corrected chi connectivity index (χ0v) is 18.0. The van der Waals surface area contributed by atoms with E-state index in [0.717, 1.165) is 0 Å². The Morgan fingerprint density at radius 1 is 1.05 bits per heavy atom. The fourth-order valence-corrected chi connectivity index (χ4v) is 1.34. The molecule has 0 bridgehead atoms. The average molecular weight is 328 g/mol. The maximum Gasteiger partial charge on any atom is 1.00 e. The van der Waals surface area contributed by atoms with Gasteiger partial charge in [0.2, 0.25) is 5.78 Å². The smallest absolute Gasteiger partial charge is 0.872 e. The van der Waals surface area contributed by atoms with Crippen LogP contribution in [0.15, 0.2) is 24.3 Å². The molecule has 0 N–H and O–H groups in total. The van der Waals surface area contributed by atoms with Crippen LogP contribution < -0.4 is 122 Å². The zero-order valence-electron chi connectivity index (χ0n) is 11.8. The van der Waals surface area contributed by atoms with E-state index in [1.165, 1.54) is 26.4 Å². The number of aliphatic carboxylic acids is 1. The Kier molecular flexibility index (Phi) is 13.1. The van der Waals surface area contributed by atoms with Gasteiger partial charge in [-0.05, 0) is 18.2 Å². The standard InChI is InChI=1S/C12H12O6.2K/c1-17-9-4-3-5-10(18-2)11(9)7(13)6-8(14)12(15)16;;/h3-6,13H,1-2H3,(H,15,16);;/q;2*+1/p-2. The fourth-order valence-electron chi connectivity index (χ4n) is 1.34.